The summed E-state index contributed by atoms with van der Waals surface area (Å²) >= 11 is 0. The normalized spacial score (nSPS) is 10.4. The van der Waals surface area contributed by atoms with E-state index in [0.717, 1.165) is 29.0 Å². The molecule has 0 atom stereocenters. The fraction of sp³-hybridized carbons (Fsp3) is 0.267. The molecule has 1 aromatic heterocycles. The van der Waals surface area contributed by atoms with Crippen molar-refractivity contribution < 1.29 is 9.84 Å². The maximum Gasteiger partial charge on any atom is 0.219 e. The van der Waals surface area contributed by atoms with Crippen molar-refractivity contribution in [1.29, 1.82) is 0 Å². The first-order valence-corrected chi connectivity index (χ1v) is 6.07. The van der Waals surface area contributed by atoms with Gasteiger partial charge >= 0.3 is 0 Å². The van der Waals surface area contributed by atoms with Gasteiger partial charge in [-0.3, -0.25) is 0 Å². The SMILES string of the molecule is CCc1ccccc1Oc1ccc(CO)c(C)n1. The van der Waals surface area contributed by atoms with Crippen LogP contribution in [0.1, 0.15) is 23.7 Å². The molecular formula is C15H17NO2. The van der Waals surface area contributed by atoms with E-state index in [1.807, 2.05) is 37.3 Å². The van der Waals surface area contributed by atoms with Crippen LogP contribution in [0.4, 0.5) is 0 Å². The lowest BCUT2D eigenvalue weighted by molar-refractivity contribution is 0.280. The summed E-state index contributed by atoms with van der Waals surface area (Å²) in [6.07, 6.45) is 0.921. The molecule has 0 bridgehead atoms. The minimum Gasteiger partial charge on any atom is -0.439 e. The Kier molecular flexibility index (Phi) is 3.95. The second-order valence-corrected chi connectivity index (χ2v) is 4.12. The molecule has 2 aromatic rings. The van der Waals surface area contributed by atoms with Crippen LogP contribution in [0.5, 0.6) is 11.6 Å². The molecule has 0 amide bonds. The molecule has 3 heteroatoms. The summed E-state index contributed by atoms with van der Waals surface area (Å²) in [5, 5.41) is 9.10. The number of nitrogens with zero attached hydrogens (tertiary/aromatic N) is 1. The van der Waals surface area contributed by atoms with Gasteiger partial charge in [-0.25, -0.2) is 4.98 Å². The van der Waals surface area contributed by atoms with E-state index in [1.165, 1.54) is 0 Å². The van der Waals surface area contributed by atoms with E-state index in [2.05, 4.69) is 11.9 Å². The van der Waals surface area contributed by atoms with Crippen molar-refractivity contribution in [2.24, 2.45) is 0 Å². The highest BCUT2D eigenvalue weighted by Crippen LogP contribution is 2.25. The molecule has 0 unspecified atom stereocenters. The molecule has 0 radical (unpaired) electrons. The number of aryl methyl sites for hydroxylation is 2. The number of hydrogen-bond donors (Lipinski definition) is 1. The quantitative estimate of drug-likeness (QED) is 0.896. The highest BCUT2D eigenvalue weighted by molar-refractivity contribution is 5.36. The van der Waals surface area contributed by atoms with Gasteiger partial charge in [-0.1, -0.05) is 25.1 Å². The molecule has 1 heterocycles. The first-order valence-electron chi connectivity index (χ1n) is 6.07. The molecule has 94 valence electrons. The third kappa shape index (κ3) is 2.68. The average molecular weight is 243 g/mol. The molecule has 0 aliphatic rings. The Hall–Kier alpha value is -1.87. The molecule has 0 saturated heterocycles. The van der Waals surface area contributed by atoms with Crippen molar-refractivity contribution >= 4 is 0 Å². The summed E-state index contributed by atoms with van der Waals surface area (Å²) in [4.78, 5) is 4.33. The second kappa shape index (κ2) is 5.65. The molecular weight excluding hydrogens is 226 g/mol. The lowest BCUT2D eigenvalue weighted by Crippen LogP contribution is -1.96. The van der Waals surface area contributed by atoms with Crippen LogP contribution in [0.2, 0.25) is 0 Å². The van der Waals surface area contributed by atoms with Crippen molar-refractivity contribution in [3.8, 4) is 11.6 Å². The van der Waals surface area contributed by atoms with Gasteiger partial charge in [-0.2, -0.15) is 0 Å². The molecule has 2 rings (SSSR count). The van der Waals surface area contributed by atoms with Gasteiger partial charge in [0.25, 0.3) is 0 Å². The fourth-order valence-corrected chi connectivity index (χ4v) is 1.80. The lowest BCUT2D eigenvalue weighted by atomic mass is 10.1. The Morgan fingerprint density at radius 1 is 1.11 bits per heavy atom. The van der Waals surface area contributed by atoms with Crippen molar-refractivity contribution in [3.63, 3.8) is 0 Å². The van der Waals surface area contributed by atoms with Crippen LogP contribution in [0.15, 0.2) is 36.4 Å². The molecule has 0 spiro atoms. The predicted molar refractivity (Wildman–Crippen MR) is 70.8 cm³/mol. The summed E-state index contributed by atoms with van der Waals surface area (Å²) in [5.74, 6) is 1.40. The maximum absolute atomic E-state index is 9.10. The van der Waals surface area contributed by atoms with Gasteiger partial charge in [-0.05, 0) is 36.6 Å². The van der Waals surface area contributed by atoms with Crippen LogP contribution >= 0.6 is 0 Å². The predicted octanol–water partition coefficient (Wildman–Crippen LogP) is 3.24. The van der Waals surface area contributed by atoms with Crippen LogP contribution in [0.3, 0.4) is 0 Å². The monoisotopic (exact) mass is 243 g/mol. The topological polar surface area (TPSA) is 42.4 Å². The number of para-hydroxylation sites is 1. The van der Waals surface area contributed by atoms with E-state index in [9.17, 15) is 0 Å². The zero-order valence-corrected chi connectivity index (χ0v) is 10.7. The molecule has 0 saturated carbocycles. The zero-order chi connectivity index (χ0) is 13.0. The minimum absolute atomic E-state index is 0.00462. The molecule has 3 nitrogen and oxygen atoms in total. The zero-order valence-electron chi connectivity index (χ0n) is 10.7. The van der Waals surface area contributed by atoms with Gasteiger partial charge in [0.2, 0.25) is 5.88 Å². The van der Waals surface area contributed by atoms with Crippen molar-refractivity contribution in [3.05, 3.63) is 53.2 Å². The van der Waals surface area contributed by atoms with Crippen molar-refractivity contribution in [2.75, 3.05) is 0 Å². The fourth-order valence-electron chi connectivity index (χ4n) is 1.80. The van der Waals surface area contributed by atoms with E-state index in [0.29, 0.717) is 5.88 Å². The Morgan fingerprint density at radius 2 is 1.89 bits per heavy atom. The number of rotatable bonds is 4. The molecule has 1 aromatic carbocycles. The van der Waals surface area contributed by atoms with Crippen LogP contribution in [-0.2, 0) is 13.0 Å². The lowest BCUT2D eigenvalue weighted by Gasteiger charge is -2.10. The Morgan fingerprint density at radius 3 is 2.56 bits per heavy atom. The number of aliphatic hydroxyl groups excluding tert-OH is 1. The average Bonchev–Trinajstić information content (AvgIpc) is 2.39. The standard InChI is InChI=1S/C15H17NO2/c1-3-12-6-4-5-7-14(12)18-15-9-8-13(10-17)11(2)16-15/h4-9,17H,3,10H2,1-2H3. The summed E-state index contributed by atoms with van der Waals surface area (Å²) < 4.78 is 5.79. The Bertz CT molecular complexity index is 538. The highest BCUT2D eigenvalue weighted by atomic mass is 16.5. The van der Waals surface area contributed by atoms with Gasteiger partial charge < -0.3 is 9.84 Å². The molecule has 0 aliphatic carbocycles. The first kappa shape index (κ1) is 12.6. The molecule has 0 aliphatic heterocycles. The van der Waals surface area contributed by atoms with Gasteiger partial charge in [0, 0.05) is 11.8 Å². The molecule has 0 fully saturated rings. The highest BCUT2D eigenvalue weighted by Gasteiger charge is 2.05. The third-order valence-electron chi connectivity index (χ3n) is 2.91. The number of hydrogen-bond acceptors (Lipinski definition) is 3. The van der Waals surface area contributed by atoms with Crippen LogP contribution in [0.25, 0.3) is 0 Å². The second-order valence-electron chi connectivity index (χ2n) is 4.12. The number of ether oxygens (including phenoxy) is 1. The molecule has 18 heavy (non-hydrogen) atoms. The number of pyridine rings is 1. The third-order valence-corrected chi connectivity index (χ3v) is 2.91. The Balaban J connectivity index is 2.26. The van der Waals surface area contributed by atoms with Crippen molar-refractivity contribution in [2.45, 2.75) is 26.9 Å². The van der Waals surface area contributed by atoms with Gasteiger partial charge in [0.15, 0.2) is 0 Å². The van der Waals surface area contributed by atoms with Crippen LogP contribution < -0.4 is 4.74 Å². The Labute approximate surface area is 107 Å². The van der Waals surface area contributed by atoms with Crippen LogP contribution in [-0.4, -0.2) is 10.1 Å². The van der Waals surface area contributed by atoms with E-state index in [1.54, 1.807) is 6.07 Å². The van der Waals surface area contributed by atoms with E-state index >= 15 is 0 Å². The summed E-state index contributed by atoms with van der Waals surface area (Å²) in [6, 6.07) is 11.6. The minimum atomic E-state index is 0.00462. The van der Waals surface area contributed by atoms with Gasteiger partial charge in [0.05, 0.1) is 6.61 Å². The summed E-state index contributed by atoms with van der Waals surface area (Å²) in [6.45, 7) is 3.96. The van der Waals surface area contributed by atoms with Gasteiger partial charge in [-0.15, -0.1) is 0 Å². The summed E-state index contributed by atoms with van der Waals surface area (Å²) in [7, 11) is 0. The molecule has 1 N–H and O–H groups in total. The first-order chi connectivity index (χ1) is 8.74. The van der Waals surface area contributed by atoms with E-state index < -0.39 is 0 Å². The maximum atomic E-state index is 9.10. The van der Waals surface area contributed by atoms with E-state index in [-0.39, 0.29) is 6.61 Å². The summed E-state index contributed by atoms with van der Waals surface area (Å²) in [5.41, 5.74) is 2.78. The largest absolute Gasteiger partial charge is 0.439 e. The number of benzene rings is 1. The smallest absolute Gasteiger partial charge is 0.219 e. The van der Waals surface area contributed by atoms with E-state index in [4.69, 9.17) is 9.84 Å². The number of aromatic nitrogens is 1. The van der Waals surface area contributed by atoms with Gasteiger partial charge in [0.1, 0.15) is 5.75 Å². The van der Waals surface area contributed by atoms with Crippen LogP contribution in [0, 0.1) is 6.92 Å². The number of aliphatic hydroxyl groups is 1. The van der Waals surface area contributed by atoms with Crippen molar-refractivity contribution in [1.82, 2.24) is 4.98 Å².